The molecule has 1 rings (SSSR count). The minimum Gasteiger partial charge on any atom is -0.380 e. The van der Waals surface area contributed by atoms with Crippen LogP contribution in [0.25, 0.3) is 0 Å². The number of benzene rings is 1. The molecule has 0 fully saturated rings. The van der Waals surface area contributed by atoms with E-state index in [1.165, 1.54) is 12.2 Å². The molecule has 1 aromatic rings. The molecular formula is C11H15NO3. The van der Waals surface area contributed by atoms with Crippen molar-refractivity contribution >= 4 is 5.91 Å². The predicted molar refractivity (Wildman–Crippen MR) is 56.3 cm³/mol. The Kier molecular flexibility index (Phi) is 4.27. The number of amides is 1. The molecule has 0 radical (unpaired) electrons. The normalized spacial score (nSPS) is 10.1. The third-order valence-electron chi connectivity index (χ3n) is 2.07. The molecule has 0 atom stereocenters. The molecule has 82 valence electrons. The lowest BCUT2D eigenvalue weighted by atomic mass is 10.1. The monoisotopic (exact) mass is 209 g/mol. The first-order valence-corrected chi connectivity index (χ1v) is 4.59. The summed E-state index contributed by atoms with van der Waals surface area (Å²) in [6.07, 6.45) is 0. The highest BCUT2D eigenvalue weighted by molar-refractivity contribution is 5.93. The van der Waals surface area contributed by atoms with Crippen molar-refractivity contribution in [2.24, 2.45) is 0 Å². The topological polar surface area (TPSA) is 38.8 Å². The third kappa shape index (κ3) is 3.04. The van der Waals surface area contributed by atoms with E-state index in [4.69, 9.17) is 9.57 Å². The average molecular weight is 209 g/mol. The lowest BCUT2D eigenvalue weighted by molar-refractivity contribution is -0.0757. The van der Waals surface area contributed by atoms with E-state index in [2.05, 4.69) is 0 Å². The van der Waals surface area contributed by atoms with Crippen molar-refractivity contribution in [3.63, 3.8) is 0 Å². The van der Waals surface area contributed by atoms with Crippen molar-refractivity contribution in [2.45, 2.75) is 6.61 Å². The van der Waals surface area contributed by atoms with E-state index in [1.54, 1.807) is 26.3 Å². The molecule has 4 nitrogen and oxygen atoms in total. The Balaban J connectivity index is 2.75. The fraction of sp³-hybridized carbons (Fsp3) is 0.364. The van der Waals surface area contributed by atoms with Gasteiger partial charge in [-0.15, -0.1) is 0 Å². The molecule has 4 heteroatoms. The molecule has 1 amide bonds. The van der Waals surface area contributed by atoms with Crippen LogP contribution in [0, 0.1) is 0 Å². The summed E-state index contributed by atoms with van der Waals surface area (Å²) >= 11 is 0. The van der Waals surface area contributed by atoms with Gasteiger partial charge in [0.05, 0.1) is 13.7 Å². The van der Waals surface area contributed by atoms with Gasteiger partial charge in [-0.2, -0.15) is 0 Å². The van der Waals surface area contributed by atoms with Gasteiger partial charge < -0.3 is 4.74 Å². The van der Waals surface area contributed by atoms with Crippen LogP contribution >= 0.6 is 0 Å². The van der Waals surface area contributed by atoms with Crippen LogP contribution in [-0.2, 0) is 16.2 Å². The van der Waals surface area contributed by atoms with Crippen molar-refractivity contribution in [3.8, 4) is 0 Å². The molecule has 0 saturated carbocycles. The van der Waals surface area contributed by atoms with Gasteiger partial charge in [-0.05, 0) is 17.7 Å². The number of rotatable bonds is 4. The molecule has 0 N–H and O–H groups in total. The number of carbonyl (C=O) groups is 1. The van der Waals surface area contributed by atoms with Crippen molar-refractivity contribution in [3.05, 3.63) is 35.4 Å². The Morgan fingerprint density at radius 2 is 1.87 bits per heavy atom. The highest BCUT2D eigenvalue weighted by Crippen LogP contribution is 2.07. The highest BCUT2D eigenvalue weighted by Gasteiger charge is 2.10. The van der Waals surface area contributed by atoms with Crippen molar-refractivity contribution < 1.29 is 14.4 Å². The van der Waals surface area contributed by atoms with Crippen LogP contribution in [0.3, 0.4) is 0 Å². The van der Waals surface area contributed by atoms with Gasteiger partial charge in [0.15, 0.2) is 0 Å². The third-order valence-corrected chi connectivity index (χ3v) is 2.07. The zero-order chi connectivity index (χ0) is 11.3. The maximum absolute atomic E-state index is 11.6. The Labute approximate surface area is 89.4 Å². The molecule has 0 aliphatic rings. The van der Waals surface area contributed by atoms with Crippen LogP contribution in [0.5, 0.6) is 0 Å². The molecule has 0 aromatic heterocycles. The Hall–Kier alpha value is -1.39. The number of hydrogen-bond acceptors (Lipinski definition) is 3. The van der Waals surface area contributed by atoms with Gasteiger partial charge in [0.25, 0.3) is 5.91 Å². The molecule has 0 bridgehead atoms. The predicted octanol–water partition coefficient (Wildman–Crippen LogP) is 1.47. The van der Waals surface area contributed by atoms with E-state index in [9.17, 15) is 4.79 Å². The smallest absolute Gasteiger partial charge is 0.277 e. The zero-order valence-corrected chi connectivity index (χ0v) is 9.19. The van der Waals surface area contributed by atoms with E-state index in [0.717, 1.165) is 5.56 Å². The van der Waals surface area contributed by atoms with Crippen LogP contribution < -0.4 is 0 Å². The van der Waals surface area contributed by atoms with Gasteiger partial charge in [-0.1, -0.05) is 12.1 Å². The van der Waals surface area contributed by atoms with Gasteiger partial charge in [-0.3, -0.25) is 9.63 Å². The standard InChI is InChI=1S/C11H15NO3/c1-12(15-3)11(13)10-6-4-9(5-7-10)8-14-2/h4-7H,8H2,1-3H3. The molecule has 15 heavy (non-hydrogen) atoms. The Morgan fingerprint density at radius 3 is 2.33 bits per heavy atom. The summed E-state index contributed by atoms with van der Waals surface area (Å²) in [5.74, 6) is -0.165. The van der Waals surface area contributed by atoms with E-state index in [-0.39, 0.29) is 5.91 Å². The molecular weight excluding hydrogens is 194 g/mol. The quantitative estimate of drug-likeness (QED) is 0.705. The molecule has 0 heterocycles. The average Bonchev–Trinajstić information content (AvgIpc) is 2.28. The minimum absolute atomic E-state index is 0.165. The van der Waals surface area contributed by atoms with Crippen LogP contribution in [0.4, 0.5) is 0 Å². The lowest BCUT2D eigenvalue weighted by Gasteiger charge is -2.13. The first-order chi connectivity index (χ1) is 7.19. The van der Waals surface area contributed by atoms with E-state index >= 15 is 0 Å². The molecule has 0 spiro atoms. The maximum atomic E-state index is 11.6. The number of hydroxylamine groups is 2. The van der Waals surface area contributed by atoms with Crippen LogP contribution in [0.15, 0.2) is 24.3 Å². The minimum atomic E-state index is -0.165. The summed E-state index contributed by atoms with van der Waals surface area (Å²) in [5.41, 5.74) is 1.63. The number of ether oxygens (including phenoxy) is 1. The fourth-order valence-electron chi connectivity index (χ4n) is 1.17. The number of hydrogen-bond donors (Lipinski definition) is 0. The number of nitrogens with zero attached hydrogens (tertiary/aromatic N) is 1. The second kappa shape index (κ2) is 5.48. The molecule has 0 aliphatic heterocycles. The van der Waals surface area contributed by atoms with Gasteiger partial charge in [-0.25, -0.2) is 5.06 Å². The van der Waals surface area contributed by atoms with E-state index in [0.29, 0.717) is 12.2 Å². The zero-order valence-electron chi connectivity index (χ0n) is 9.19. The molecule has 1 aromatic carbocycles. The summed E-state index contributed by atoms with van der Waals surface area (Å²) in [6, 6.07) is 7.24. The summed E-state index contributed by atoms with van der Waals surface area (Å²) in [6.45, 7) is 0.550. The number of methoxy groups -OCH3 is 1. The SMILES string of the molecule is COCc1ccc(C(=O)N(C)OC)cc1. The second-order valence-corrected chi connectivity index (χ2v) is 3.12. The molecule has 0 aliphatic carbocycles. The Morgan fingerprint density at radius 1 is 1.27 bits per heavy atom. The van der Waals surface area contributed by atoms with Crippen molar-refractivity contribution in [1.29, 1.82) is 0 Å². The summed E-state index contributed by atoms with van der Waals surface area (Å²) in [4.78, 5) is 16.4. The first kappa shape index (κ1) is 11.7. The maximum Gasteiger partial charge on any atom is 0.277 e. The number of carbonyl (C=O) groups excluding carboxylic acids is 1. The van der Waals surface area contributed by atoms with Gasteiger partial charge in [0.1, 0.15) is 0 Å². The molecule has 0 unspecified atom stereocenters. The van der Waals surface area contributed by atoms with Crippen molar-refractivity contribution in [2.75, 3.05) is 21.3 Å². The largest absolute Gasteiger partial charge is 0.380 e. The fourth-order valence-corrected chi connectivity index (χ4v) is 1.17. The van der Waals surface area contributed by atoms with Gasteiger partial charge in [0.2, 0.25) is 0 Å². The van der Waals surface area contributed by atoms with Gasteiger partial charge in [0, 0.05) is 19.7 Å². The summed E-state index contributed by atoms with van der Waals surface area (Å²) in [5, 5.41) is 1.19. The highest BCUT2D eigenvalue weighted by atomic mass is 16.7. The van der Waals surface area contributed by atoms with Crippen LogP contribution in [0.1, 0.15) is 15.9 Å². The summed E-state index contributed by atoms with van der Waals surface area (Å²) in [7, 11) is 4.67. The van der Waals surface area contributed by atoms with Gasteiger partial charge >= 0.3 is 0 Å². The van der Waals surface area contributed by atoms with Crippen LogP contribution in [-0.4, -0.2) is 32.2 Å². The van der Waals surface area contributed by atoms with Crippen molar-refractivity contribution in [1.82, 2.24) is 5.06 Å². The second-order valence-electron chi connectivity index (χ2n) is 3.12. The molecule has 0 saturated heterocycles. The first-order valence-electron chi connectivity index (χ1n) is 4.59. The Bertz CT molecular complexity index is 321. The summed E-state index contributed by atoms with van der Waals surface area (Å²) < 4.78 is 4.98. The van der Waals surface area contributed by atoms with E-state index in [1.807, 2.05) is 12.1 Å². The van der Waals surface area contributed by atoms with Crippen LogP contribution in [0.2, 0.25) is 0 Å². The van der Waals surface area contributed by atoms with E-state index < -0.39 is 0 Å². The lowest BCUT2D eigenvalue weighted by Crippen LogP contribution is -2.25.